The second-order valence-electron chi connectivity index (χ2n) is 9.35. The van der Waals surface area contributed by atoms with E-state index in [-0.39, 0.29) is 22.4 Å². The van der Waals surface area contributed by atoms with Crippen molar-refractivity contribution >= 4 is 17.8 Å². The minimum Gasteiger partial charge on any atom is -0.511 e. The summed E-state index contributed by atoms with van der Waals surface area (Å²) in [5, 5.41) is 14.6. The molecule has 1 aliphatic rings. The maximum atomic E-state index is 12.3. The first-order valence-corrected chi connectivity index (χ1v) is 9.66. The maximum absolute atomic E-state index is 12.3. The van der Waals surface area contributed by atoms with Crippen molar-refractivity contribution in [3.8, 4) is 0 Å². The third-order valence-corrected chi connectivity index (χ3v) is 5.07. The van der Waals surface area contributed by atoms with Crippen molar-refractivity contribution in [1.29, 1.82) is 0 Å². The first-order chi connectivity index (χ1) is 13.0. The third-order valence-electron chi connectivity index (χ3n) is 5.07. The molecule has 0 fully saturated rings. The molecule has 0 aliphatic heterocycles. The summed E-state index contributed by atoms with van der Waals surface area (Å²) in [7, 11) is 0. The first-order valence-electron chi connectivity index (χ1n) is 9.66. The van der Waals surface area contributed by atoms with E-state index in [9.17, 15) is 9.90 Å². The molecule has 1 aliphatic carbocycles. The number of carbonyl (C=O) groups excluding carboxylic acids is 1. The normalized spacial score (nSPS) is 17.5. The summed E-state index contributed by atoms with van der Waals surface area (Å²) >= 11 is 0. The predicted molar refractivity (Wildman–Crippen MR) is 112 cm³/mol. The molecule has 2 aromatic rings. The largest absolute Gasteiger partial charge is 0.511 e. The number of Topliss-reactive ketones (excluding diaryl/α,β-unsaturated/α-hetero) is 1. The quantitative estimate of drug-likeness (QED) is 0.749. The molecule has 1 aromatic heterocycles. The topological polar surface area (TPSA) is 67.5 Å². The highest BCUT2D eigenvalue weighted by Gasteiger charge is 2.32. The van der Waals surface area contributed by atoms with Gasteiger partial charge in [-0.15, -0.1) is 0 Å². The Morgan fingerprint density at radius 3 is 2.46 bits per heavy atom. The molecule has 0 amide bonds. The molecule has 0 atom stereocenters. The van der Waals surface area contributed by atoms with Crippen LogP contribution in [0.4, 0.5) is 5.82 Å². The van der Waals surface area contributed by atoms with Crippen LogP contribution in [0.5, 0.6) is 0 Å². The number of rotatable bonds is 4. The predicted octanol–water partition coefficient (Wildman–Crippen LogP) is 5.13. The van der Waals surface area contributed by atoms with Crippen molar-refractivity contribution in [2.24, 2.45) is 10.4 Å². The highest BCUT2D eigenvalue weighted by atomic mass is 16.3. The van der Waals surface area contributed by atoms with Crippen LogP contribution in [0.3, 0.4) is 0 Å². The van der Waals surface area contributed by atoms with E-state index in [4.69, 9.17) is 0 Å². The zero-order valence-electron chi connectivity index (χ0n) is 17.4. The first kappa shape index (κ1) is 20.1. The number of hydrogen-bond acceptors (Lipinski definition) is 4. The van der Waals surface area contributed by atoms with E-state index in [1.165, 1.54) is 11.8 Å². The molecule has 0 radical (unpaired) electrons. The van der Waals surface area contributed by atoms with Gasteiger partial charge in [0, 0.05) is 25.1 Å². The second-order valence-corrected chi connectivity index (χ2v) is 9.35. The Kier molecular flexibility index (Phi) is 5.28. The van der Waals surface area contributed by atoms with Crippen LogP contribution in [0, 0.1) is 5.41 Å². The summed E-state index contributed by atoms with van der Waals surface area (Å²) in [6, 6.07) is 10.3. The number of aliphatic hydroxyl groups is 1. The van der Waals surface area contributed by atoms with Gasteiger partial charge in [0.1, 0.15) is 5.76 Å². The lowest BCUT2D eigenvalue weighted by Crippen LogP contribution is -2.26. The summed E-state index contributed by atoms with van der Waals surface area (Å²) in [6.07, 6.45) is 4.07. The monoisotopic (exact) mass is 379 g/mol. The van der Waals surface area contributed by atoms with Gasteiger partial charge < -0.3 is 5.11 Å². The lowest BCUT2D eigenvalue weighted by atomic mass is 9.77. The van der Waals surface area contributed by atoms with Crippen molar-refractivity contribution in [1.82, 2.24) is 9.78 Å². The smallest absolute Gasteiger partial charge is 0.168 e. The number of aliphatic hydroxyl groups excluding tert-OH is 1. The molecule has 5 heteroatoms. The summed E-state index contributed by atoms with van der Waals surface area (Å²) in [5.41, 5.74) is 2.64. The molecule has 0 spiro atoms. The van der Waals surface area contributed by atoms with E-state index in [0.717, 1.165) is 5.56 Å². The molecular formula is C23H29N3O2. The van der Waals surface area contributed by atoms with Gasteiger partial charge in [-0.05, 0) is 22.0 Å². The molecule has 3 rings (SSSR count). The van der Waals surface area contributed by atoms with Crippen LogP contribution in [0.1, 0.15) is 58.6 Å². The molecule has 0 bridgehead atoms. The van der Waals surface area contributed by atoms with Gasteiger partial charge in [0.2, 0.25) is 0 Å². The van der Waals surface area contributed by atoms with E-state index in [1.807, 2.05) is 13.8 Å². The molecule has 28 heavy (non-hydrogen) atoms. The lowest BCUT2D eigenvalue weighted by molar-refractivity contribution is -0.117. The molecule has 148 valence electrons. The molecule has 0 saturated heterocycles. The molecule has 0 saturated carbocycles. The van der Waals surface area contributed by atoms with Crippen LogP contribution in [0.25, 0.3) is 0 Å². The van der Waals surface area contributed by atoms with Crippen molar-refractivity contribution in [3.05, 3.63) is 59.0 Å². The standard InChI is InChI=1S/C23H29N3O2/c1-22(2,3)17-8-6-16(7-9-17)15-26-21(10-11-25-26)24-14-18-19(27)12-23(4,5)13-20(18)28/h6-11,14,27H,12-13,15H2,1-5H3. The van der Waals surface area contributed by atoms with Crippen LogP contribution in [0.15, 0.2) is 52.9 Å². The molecule has 1 aromatic carbocycles. The van der Waals surface area contributed by atoms with Gasteiger partial charge >= 0.3 is 0 Å². The Morgan fingerprint density at radius 1 is 1.18 bits per heavy atom. The highest BCUT2D eigenvalue weighted by molar-refractivity contribution is 6.14. The van der Waals surface area contributed by atoms with E-state index in [2.05, 4.69) is 55.1 Å². The van der Waals surface area contributed by atoms with Crippen molar-refractivity contribution in [2.75, 3.05) is 0 Å². The van der Waals surface area contributed by atoms with Crippen molar-refractivity contribution in [2.45, 2.75) is 59.4 Å². The highest BCUT2D eigenvalue weighted by Crippen LogP contribution is 2.35. The minimum absolute atomic E-state index is 0.0682. The second kappa shape index (κ2) is 7.38. The zero-order valence-corrected chi connectivity index (χ0v) is 17.4. The number of nitrogens with zero attached hydrogens (tertiary/aromatic N) is 3. The average molecular weight is 380 g/mol. The Labute approximate surface area is 166 Å². The van der Waals surface area contributed by atoms with Crippen LogP contribution in [-0.4, -0.2) is 26.9 Å². The summed E-state index contributed by atoms with van der Waals surface area (Å²) < 4.78 is 1.79. The van der Waals surface area contributed by atoms with Gasteiger partial charge in [-0.1, -0.05) is 58.9 Å². The number of aromatic nitrogens is 2. The fraction of sp³-hybridized carbons (Fsp3) is 0.435. The molecular weight excluding hydrogens is 350 g/mol. The van der Waals surface area contributed by atoms with E-state index in [1.54, 1.807) is 16.9 Å². The van der Waals surface area contributed by atoms with Crippen LogP contribution in [-0.2, 0) is 16.8 Å². The van der Waals surface area contributed by atoms with E-state index >= 15 is 0 Å². The number of hydrogen-bond donors (Lipinski definition) is 1. The molecule has 1 heterocycles. The number of allylic oxidation sites excluding steroid dienone is 2. The van der Waals surface area contributed by atoms with E-state index < -0.39 is 0 Å². The SMILES string of the molecule is CC1(C)CC(=O)C(C=Nc2ccnn2Cc2ccc(C(C)(C)C)cc2)=C(O)C1. The summed E-state index contributed by atoms with van der Waals surface area (Å²) in [4.78, 5) is 16.8. The van der Waals surface area contributed by atoms with Gasteiger partial charge in [0.05, 0.1) is 18.3 Å². The number of carbonyl (C=O) groups is 1. The van der Waals surface area contributed by atoms with Crippen LogP contribution >= 0.6 is 0 Å². The minimum atomic E-state index is -0.209. The Morgan fingerprint density at radius 2 is 1.86 bits per heavy atom. The molecule has 1 N–H and O–H groups in total. The van der Waals surface area contributed by atoms with Gasteiger partial charge in [-0.25, -0.2) is 9.67 Å². The maximum Gasteiger partial charge on any atom is 0.168 e. The van der Waals surface area contributed by atoms with Gasteiger partial charge in [-0.2, -0.15) is 5.10 Å². The summed E-state index contributed by atoms with van der Waals surface area (Å²) in [5.74, 6) is 0.702. The lowest BCUT2D eigenvalue weighted by Gasteiger charge is -2.28. The number of aliphatic imine (C=N–C) groups is 1. The van der Waals surface area contributed by atoms with Crippen LogP contribution in [0.2, 0.25) is 0 Å². The van der Waals surface area contributed by atoms with Gasteiger partial charge in [0.15, 0.2) is 11.6 Å². The third kappa shape index (κ3) is 4.58. The fourth-order valence-electron chi connectivity index (χ4n) is 3.42. The molecule has 0 unspecified atom stereocenters. The van der Waals surface area contributed by atoms with Crippen molar-refractivity contribution in [3.63, 3.8) is 0 Å². The van der Waals surface area contributed by atoms with E-state index in [0.29, 0.717) is 30.8 Å². The van der Waals surface area contributed by atoms with Gasteiger partial charge in [-0.3, -0.25) is 4.79 Å². The number of ketones is 1. The Balaban J connectivity index is 1.77. The molecule has 5 nitrogen and oxygen atoms in total. The van der Waals surface area contributed by atoms with Crippen molar-refractivity contribution < 1.29 is 9.90 Å². The van der Waals surface area contributed by atoms with Gasteiger partial charge in [0.25, 0.3) is 0 Å². The fourth-order valence-corrected chi connectivity index (χ4v) is 3.42. The Bertz CT molecular complexity index is 926. The zero-order chi connectivity index (χ0) is 20.5. The summed E-state index contributed by atoms with van der Waals surface area (Å²) in [6.45, 7) is 11.1. The number of benzene rings is 1. The van der Waals surface area contributed by atoms with Crippen LogP contribution < -0.4 is 0 Å². The average Bonchev–Trinajstić information content (AvgIpc) is 3.00. The Hall–Kier alpha value is -2.69.